The second kappa shape index (κ2) is 4.97. The zero-order valence-corrected chi connectivity index (χ0v) is 9.98. The van der Waals surface area contributed by atoms with E-state index in [1.807, 2.05) is 0 Å². The molecule has 0 bridgehead atoms. The summed E-state index contributed by atoms with van der Waals surface area (Å²) in [6, 6.07) is 0. The first-order valence-corrected chi connectivity index (χ1v) is 5.48. The predicted octanol–water partition coefficient (Wildman–Crippen LogP) is 2.26. The molecule has 0 fully saturated rings. The second-order valence-corrected chi connectivity index (χ2v) is 3.70. The van der Waals surface area contributed by atoms with Crippen molar-refractivity contribution in [2.75, 3.05) is 11.9 Å². The van der Waals surface area contributed by atoms with Crippen LogP contribution in [0.5, 0.6) is 0 Å². The largest absolute Gasteiger partial charge is 0.366 e. The normalized spacial score (nSPS) is 10.4. The lowest BCUT2D eigenvalue weighted by atomic mass is 10.4. The van der Waals surface area contributed by atoms with Crippen molar-refractivity contribution in [2.24, 2.45) is 0 Å². The zero-order valence-electron chi connectivity index (χ0n) is 9.23. The van der Waals surface area contributed by atoms with E-state index in [1.54, 1.807) is 23.0 Å². The van der Waals surface area contributed by atoms with E-state index < -0.39 is 0 Å². The highest BCUT2D eigenvalue weighted by Gasteiger charge is 2.10. The third-order valence-corrected chi connectivity index (χ3v) is 2.35. The Labute approximate surface area is 104 Å². The average molecular weight is 250 g/mol. The van der Waals surface area contributed by atoms with Crippen LogP contribution in [0.4, 0.5) is 5.82 Å². The van der Waals surface area contributed by atoms with Gasteiger partial charge in [0.15, 0.2) is 5.65 Å². The fourth-order valence-corrected chi connectivity index (χ4v) is 1.65. The number of rotatable bonds is 5. The van der Waals surface area contributed by atoms with Crippen LogP contribution in [0.2, 0.25) is 5.28 Å². The fourth-order valence-electron chi connectivity index (χ4n) is 1.49. The van der Waals surface area contributed by atoms with Gasteiger partial charge in [0.2, 0.25) is 5.28 Å². The summed E-state index contributed by atoms with van der Waals surface area (Å²) in [5.41, 5.74) is 0.691. The van der Waals surface area contributed by atoms with Crippen LogP contribution in [0.1, 0.15) is 0 Å². The first-order chi connectivity index (χ1) is 8.26. The van der Waals surface area contributed by atoms with Crippen LogP contribution < -0.4 is 5.32 Å². The van der Waals surface area contributed by atoms with Crippen molar-refractivity contribution in [1.82, 2.24) is 19.7 Å². The summed E-state index contributed by atoms with van der Waals surface area (Å²) < 4.78 is 1.72. The van der Waals surface area contributed by atoms with Crippen molar-refractivity contribution >= 4 is 28.5 Å². The number of fused-ring (bicyclic) bond motifs is 1. The standard InChI is InChI=1S/C11H12ClN5/c1-3-5-13-9-8-7-14-17(6-4-2)10(8)16-11(12)15-9/h3-4,7H,1-2,5-6H2,(H,13,15,16). The van der Waals surface area contributed by atoms with Crippen LogP contribution in [0.25, 0.3) is 11.0 Å². The molecular formula is C11H12ClN5. The molecule has 0 atom stereocenters. The Morgan fingerprint density at radius 2 is 2.18 bits per heavy atom. The third-order valence-electron chi connectivity index (χ3n) is 2.18. The van der Waals surface area contributed by atoms with Crippen molar-refractivity contribution in [2.45, 2.75) is 6.54 Å². The number of nitrogens with one attached hydrogen (secondary N) is 1. The molecule has 0 spiro atoms. The molecule has 0 saturated heterocycles. The van der Waals surface area contributed by atoms with Gasteiger partial charge in [0, 0.05) is 6.54 Å². The van der Waals surface area contributed by atoms with E-state index in [0.29, 0.717) is 24.6 Å². The number of allylic oxidation sites excluding steroid dienone is 1. The van der Waals surface area contributed by atoms with Crippen LogP contribution in [0, 0.1) is 0 Å². The van der Waals surface area contributed by atoms with Gasteiger partial charge < -0.3 is 5.32 Å². The lowest BCUT2D eigenvalue weighted by molar-refractivity contribution is 0.720. The second-order valence-electron chi connectivity index (χ2n) is 3.36. The highest BCUT2D eigenvalue weighted by Crippen LogP contribution is 2.21. The molecule has 2 heterocycles. The van der Waals surface area contributed by atoms with Gasteiger partial charge in [-0.05, 0) is 11.6 Å². The van der Waals surface area contributed by atoms with Gasteiger partial charge in [0.1, 0.15) is 5.82 Å². The summed E-state index contributed by atoms with van der Waals surface area (Å²) in [6.45, 7) is 8.50. The third kappa shape index (κ3) is 2.29. The van der Waals surface area contributed by atoms with Crippen LogP contribution >= 0.6 is 11.6 Å². The van der Waals surface area contributed by atoms with Gasteiger partial charge in [-0.2, -0.15) is 15.1 Å². The molecule has 0 unspecified atom stereocenters. The summed E-state index contributed by atoms with van der Waals surface area (Å²) in [7, 11) is 0. The van der Waals surface area contributed by atoms with Gasteiger partial charge in [-0.25, -0.2) is 4.68 Å². The molecule has 0 aliphatic rings. The van der Waals surface area contributed by atoms with Gasteiger partial charge in [-0.1, -0.05) is 12.2 Å². The van der Waals surface area contributed by atoms with E-state index in [2.05, 4.69) is 33.5 Å². The van der Waals surface area contributed by atoms with Gasteiger partial charge in [0.05, 0.1) is 18.1 Å². The Morgan fingerprint density at radius 1 is 1.35 bits per heavy atom. The van der Waals surface area contributed by atoms with Crippen molar-refractivity contribution in [3.63, 3.8) is 0 Å². The Morgan fingerprint density at radius 3 is 2.88 bits per heavy atom. The van der Waals surface area contributed by atoms with Crippen LogP contribution in [0.3, 0.4) is 0 Å². The molecule has 0 amide bonds. The average Bonchev–Trinajstić information content (AvgIpc) is 2.70. The van der Waals surface area contributed by atoms with E-state index in [4.69, 9.17) is 11.6 Å². The highest BCUT2D eigenvalue weighted by atomic mass is 35.5. The molecule has 88 valence electrons. The first kappa shape index (κ1) is 11.6. The number of halogens is 1. The van der Waals surface area contributed by atoms with Crippen molar-refractivity contribution in [3.8, 4) is 0 Å². The minimum atomic E-state index is 0.190. The van der Waals surface area contributed by atoms with Crippen molar-refractivity contribution in [1.29, 1.82) is 0 Å². The van der Waals surface area contributed by atoms with E-state index in [9.17, 15) is 0 Å². The lowest BCUT2D eigenvalue weighted by Crippen LogP contribution is -2.03. The molecule has 0 aliphatic heterocycles. The zero-order chi connectivity index (χ0) is 12.3. The van der Waals surface area contributed by atoms with E-state index in [-0.39, 0.29) is 5.28 Å². The number of nitrogens with zero attached hydrogens (tertiary/aromatic N) is 4. The summed E-state index contributed by atoms with van der Waals surface area (Å²) in [5, 5.41) is 8.34. The van der Waals surface area contributed by atoms with Gasteiger partial charge in [0.25, 0.3) is 0 Å². The monoisotopic (exact) mass is 249 g/mol. The molecule has 0 aromatic carbocycles. The molecule has 1 N–H and O–H groups in total. The van der Waals surface area contributed by atoms with Crippen LogP contribution in [-0.4, -0.2) is 26.3 Å². The maximum Gasteiger partial charge on any atom is 0.226 e. The Balaban J connectivity index is 2.52. The summed E-state index contributed by atoms with van der Waals surface area (Å²) in [5.74, 6) is 0.662. The number of hydrogen-bond donors (Lipinski definition) is 1. The van der Waals surface area contributed by atoms with Crippen molar-refractivity contribution < 1.29 is 0 Å². The molecule has 5 nitrogen and oxygen atoms in total. The minimum absolute atomic E-state index is 0.190. The Bertz CT molecular complexity index is 560. The van der Waals surface area contributed by atoms with E-state index >= 15 is 0 Å². The molecule has 2 aromatic heterocycles. The quantitative estimate of drug-likeness (QED) is 0.652. The van der Waals surface area contributed by atoms with Crippen LogP contribution in [0.15, 0.2) is 31.5 Å². The van der Waals surface area contributed by atoms with Gasteiger partial charge >= 0.3 is 0 Å². The topological polar surface area (TPSA) is 55.6 Å². The first-order valence-electron chi connectivity index (χ1n) is 5.11. The smallest absolute Gasteiger partial charge is 0.226 e. The summed E-state index contributed by atoms with van der Waals surface area (Å²) >= 11 is 5.88. The maximum atomic E-state index is 5.88. The maximum absolute atomic E-state index is 5.88. The number of hydrogen-bond acceptors (Lipinski definition) is 4. The number of anilines is 1. The van der Waals surface area contributed by atoms with Gasteiger partial charge in [-0.15, -0.1) is 13.2 Å². The lowest BCUT2D eigenvalue weighted by Gasteiger charge is -2.04. The predicted molar refractivity (Wildman–Crippen MR) is 69.2 cm³/mol. The summed E-state index contributed by atoms with van der Waals surface area (Å²) in [6.07, 6.45) is 5.20. The van der Waals surface area contributed by atoms with Gasteiger partial charge in [-0.3, -0.25) is 0 Å². The Hall–Kier alpha value is -1.88. The Kier molecular flexibility index (Phi) is 3.39. The molecule has 0 radical (unpaired) electrons. The molecule has 2 aromatic rings. The fraction of sp³-hybridized carbons (Fsp3) is 0.182. The minimum Gasteiger partial charge on any atom is -0.366 e. The molecule has 17 heavy (non-hydrogen) atoms. The molecule has 6 heteroatoms. The summed E-state index contributed by atoms with van der Waals surface area (Å²) in [4.78, 5) is 8.29. The molecular weight excluding hydrogens is 238 g/mol. The van der Waals surface area contributed by atoms with E-state index in [0.717, 1.165) is 5.39 Å². The SMILES string of the molecule is C=CCNc1nc(Cl)nc2c1cnn2CC=C. The molecule has 0 aliphatic carbocycles. The highest BCUT2D eigenvalue weighted by molar-refractivity contribution is 6.28. The molecule has 2 rings (SSSR count). The van der Waals surface area contributed by atoms with Crippen LogP contribution in [-0.2, 0) is 6.54 Å². The van der Waals surface area contributed by atoms with E-state index in [1.165, 1.54) is 0 Å². The molecule has 0 saturated carbocycles. The van der Waals surface area contributed by atoms with Crippen molar-refractivity contribution in [3.05, 3.63) is 36.8 Å². The number of aromatic nitrogens is 4.